The van der Waals surface area contributed by atoms with Gasteiger partial charge in [-0.15, -0.1) is 0 Å². The third-order valence-electron chi connectivity index (χ3n) is 6.01. The van der Waals surface area contributed by atoms with Crippen molar-refractivity contribution in [1.29, 1.82) is 5.26 Å². The van der Waals surface area contributed by atoms with E-state index in [9.17, 15) is 9.59 Å². The van der Waals surface area contributed by atoms with Gasteiger partial charge in [0.15, 0.2) is 18.1 Å². The third kappa shape index (κ3) is 4.66. The summed E-state index contributed by atoms with van der Waals surface area (Å²) in [4.78, 5) is 30.1. The number of amides is 1. The number of carbonyl (C=O) groups excluding carboxylic acids is 2. The lowest BCUT2D eigenvalue weighted by molar-refractivity contribution is -0.124. The normalized spacial score (nSPS) is 14.9. The SMILES string of the molecule is N#CCCNC(=O)COC(=O)c1c2c(nc3ccccc13)/C(=C\c1ccc3c(c1)OCO3)CCC2. The molecule has 1 aliphatic carbocycles. The Morgan fingerprint density at radius 2 is 2.00 bits per heavy atom. The second-order valence-corrected chi connectivity index (χ2v) is 8.30. The number of benzene rings is 2. The van der Waals surface area contributed by atoms with Gasteiger partial charge < -0.3 is 19.5 Å². The standard InChI is InChI=1S/C27H23N3O5/c28-11-4-12-29-24(31)15-33-27(32)25-19-6-1-2-8-21(19)30-26-18(5-3-7-20(25)26)13-17-9-10-22-23(14-17)35-16-34-22/h1-2,6,8-10,13-14H,3-5,7,12,15-16H2,(H,29,31)/b18-13-. The maximum absolute atomic E-state index is 13.2. The number of nitriles is 1. The van der Waals surface area contributed by atoms with Crippen molar-refractivity contribution in [2.75, 3.05) is 19.9 Å². The van der Waals surface area contributed by atoms with Crippen LogP contribution in [0.3, 0.4) is 0 Å². The van der Waals surface area contributed by atoms with Crippen molar-refractivity contribution in [3.63, 3.8) is 0 Å². The Balaban J connectivity index is 1.49. The molecule has 1 amide bonds. The van der Waals surface area contributed by atoms with Crippen LogP contribution in [0, 0.1) is 11.3 Å². The molecule has 0 atom stereocenters. The number of aromatic nitrogens is 1. The minimum absolute atomic E-state index is 0.195. The average Bonchev–Trinajstić information content (AvgIpc) is 3.34. The Labute approximate surface area is 202 Å². The molecule has 0 unspecified atom stereocenters. The van der Waals surface area contributed by atoms with Gasteiger partial charge in [-0.1, -0.05) is 24.3 Å². The summed E-state index contributed by atoms with van der Waals surface area (Å²) < 4.78 is 16.3. The highest BCUT2D eigenvalue weighted by atomic mass is 16.7. The Kier molecular flexibility index (Phi) is 6.31. The van der Waals surface area contributed by atoms with Crippen LogP contribution in [0.5, 0.6) is 11.5 Å². The Morgan fingerprint density at radius 3 is 2.89 bits per heavy atom. The van der Waals surface area contributed by atoms with E-state index in [0.29, 0.717) is 28.6 Å². The summed E-state index contributed by atoms with van der Waals surface area (Å²) in [6.07, 6.45) is 4.63. The highest BCUT2D eigenvalue weighted by Crippen LogP contribution is 2.38. The van der Waals surface area contributed by atoms with Gasteiger partial charge in [-0.2, -0.15) is 5.26 Å². The zero-order valence-corrected chi connectivity index (χ0v) is 19.0. The second-order valence-electron chi connectivity index (χ2n) is 8.30. The number of fused-ring (bicyclic) bond motifs is 3. The fourth-order valence-corrected chi connectivity index (χ4v) is 4.42. The van der Waals surface area contributed by atoms with Gasteiger partial charge in [-0.05, 0) is 60.2 Å². The molecular weight excluding hydrogens is 446 g/mol. The molecule has 0 radical (unpaired) electrons. The number of rotatable bonds is 6. The molecule has 0 spiro atoms. The molecule has 0 saturated heterocycles. The number of nitrogens with one attached hydrogen (secondary N) is 1. The van der Waals surface area contributed by atoms with E-state index in [2.05, 4.69) is 11.4 Å². The van der Waals surface area contributed by atoms with E-state index in [4.69, 9.17) is 24.5 Å². The van der Waals surface area contributed by atoms with E-state index in [-0.39, 0.29) is 19.8 Å². The van der Waals surface area contributed by atoms with Gasteiger partial charge in [0.2, 0.25) is 6.79 Å². The number of hydrogen-bond acceptors (Lipinski definition) is 7. The van der Waals surface area contributed by atoms with E-state index in [1.54, 1.807) is 0 Å². The first-order chi connectivity index (χ1) is 17.1. The largest absolute Gasteiger partial charge is 0.454 e. The van der Waals surface area contributed by atoms with Crippen molar-refractivity contribution >= 4 is 34.4 Å². The van der Waals surface area contributed by atoms with Crippen LogP contribution in [0.15, 0.2) is 42.5 Å². The molecule has 176 valence electrons. The smallest absolute Gasteiger partial charge is 0.339 e. The summed E-state index contributed by atoms with van der Waals surface area (Å²) >= 11 is 0. The minimum atomic E-state index is -0.556. The van der Waals surface area contributed by atoms with Gasteiger partial charge in [0.05, 0.1) is 29.3 Å². The van der Waals surface area contributed by atoms with E-state index < -0.39 is 18.5 Å². The summed E-state index contributed by atoms with van der Waals surface area (Å²) in [5.41, 5.74) is 4.74. The lowest BCUT2D eigenvalue weighted by Crippen LogP contribution is -2.29. The molecule has 1 N–H and O–H groups in total. The van der Waals surface area contributed by atoms with Crippen molar-refractivity contribution in [3.8, 4) is 17.6 Å². The molecule has 2 heterocycles. The van der Waals surface area contributed by atoms with Crippen molar-refractivity contribution in [2.24, 2.45) is 0 Å². The van der Waals surface area contributed by atoms with Gasteiger partial charge in [-0.25, -0.2) is 9.78 Å². The number of pyridine rings is 1. The van der Waals surface area contributed by atoms with Crippen LogP contribution in [0.1, 0.15) is 46.4 Å². The Hall–Kier alpha value is -4.38. The van der Waals surface area contributed by atoms with Gasteiger partial charge >= 0.3 is 5.97 Å². The van der Waals surface area contributed by atoms with Crippen molar-refractivity contribution < 1.29 is 23.8 Å². The monoisotopic (exact) mass is 469 g/mol. The fourth-order valence-electron chi connectivity index (χ4n) is 4.42. The van der Waals surface area contributed by atoms with Crippen LogP contribution in [-0.2, 0) is 16.0 Å². The zero-order chi connectivity index (χ0) is 24.2. The molecule has 3 aromatic rings. The number of para-hydroxylation sites is 1. The predicted molar refractivity (Wildman–Crippen MR) is 129 cm³/mol. The molecule has 2 aromatic carbocycles. The molecule has 0 fully saturated rings. The molecular formula is C27H23N3O5. The van der Waals surface area contributed by atoms with Crippen LogP contribution in [-0.4, -0.2) is 36.8 Å². The number of allylic oxidation sites excluding steroid dienone is 1. The van der Waals surface area contributed by atoms with Crippen molar-refractivity contribution in [2.45, 2.75) is 25.7 Å². The van der Waals surface area contributed by atoms with E-state index >= 15 is 0 Å². The van der Waals surface area contributed by atoms with Gasteiger partial charge in [0.1, 0.15) is 0 Å². The average molecular weight is 469 g/mol. The summed E-state index contributed by atoms with van der Waals surface area (Å²) in [5.74, 6) is 0.435. The maximum Gasteiger partial charge on any atom is 0.339 e. The molecule has 8 heteroatoms. The minimum Gasteiger partial charge on any atom is -0.454 e. The van der Waals surface area contributed by atoms with Crippen LogP contribution in [0.2, 0.25) is 0 Å². The van der Waals surface area contributed by atoms with E-state index in [1.807, 2.05) is 48.5 Å². The first kappa shape index (κ1) is 22.4. The van der Waals surface area contributed by atoms with Crippen LogP contribution < -0.4 is 14.8 Å². The Morgan fingerprint density at radius 1 is 1.14 bits per heavy atom. The lowest BCUT2D eigenvalue weighted by atomic mass is 9.86. The van der Waals surface area contributed by atoms with E-state index in [0.717, 1.165) is 41.0 Å². The molecule has 0 bridgehead atoms. The molecule has 8 nitrogen and oxygen atoms in total. The van der Waals surface area contributed by atoms with Gasteiger partial charge in [-0.3, -0.25) is 4.79 Å². The van der Waals surface area contributed by atoms with Crippen LogP contribution in [0.25, 0.3) is 22.6 Å². The van der Waals surface area contributed by atoms with Crippen molar-refractivity contribution in [3.05, 3.63) is 64.8 Å². The number of ether oxygens (including phenoxy) is 3. The summed E-state index contributed by atoms with van der Waals surface area (Å²) in [5, 5.41) is 11.9. The molecule has 2 aliphatic rings. The van der Waals surface area contributed by atoms with Crippen molar-refractivity contribution in [1.82, 2.24) is 10.3 Å². The zero-order valence-electron chi connectivity index (χ0n) is 19.0. The Bertz CT molecular complexity index is 1390. The molecule has 0 saturated carbocycles. The predicted octanol–water partition coefficient (Wildman–Crippen LogP) is 4.03. The second kappa shape index (κ2) is 9.85. The topological polar surface area (TPSA) is 111 Å². The third-order valence-corrected chi connectivity index (χ3v) is 6.01. The molecule has 1 aliphatic heterocycles. The number of nitrogens with zero attached hydrogens (tertiary/aromatic N) is 2. The van der Waals surface area contributed by atoms with Gasteiger partial charge in [0.25, 0.3) is 5.91 Å². The first-order valence-electron chi connectivity index (χ1n) is 11.5. The molecule has 1 aromatic heterocycles. The lowest BCUT2D eigenvalue weighted by Gasteiger charge is -2.22. The first-order valence-corrected chi connectivity index (χ1v) is 11.5. The number of esters is 1. The number of hydrogen-bond donors (Lipinski definition) is 1. The van der Waals surface area contributed by atoms with Crippen LogP contribution >= 0.6 is 0 Å². The highest BCUT2D eigenvalue weighted by Gasteiger charge is 2.26. The number of carbonyl (C=O) groups is 2. The van der Waals surface area contributed by atoms with Crippen LogP contribution in [0.4, 0.5) is 0 Å². The summed E-state index contributed by atoms with van der Waals surface area (Å²) in [6, 6.07) is 15.2. The van der Waals surface area contributed by atoms with E-state index in [1.165, 1.54) is 0 Å². The summed E-state index contributed by atoms with van der Waals surface area (Å²) in [6.45, 7) is 0.0254. The molecule has 35 heavy (non-hydrogen) atoms. The van der Waals surface area contributed by atoms with Gasteiger partial charge in [0, 0.05) is 11.9 Å². The highest BCUT2D eigenvalue weighted by molar-refractivity contribution is 6.07. The quantitative estimate of drug-likeness (QED) is 0.429. The molecule has 5 rings (SSSR count). The maximum atomic E-state index is 13.2. The summed E-state index contributed by atoms with van der Waals surface area (Å²) in [7, 11) is 0. The fraction of sp³-hybridized carbons (Fsp3) is 0.259.